The smallest absolute Gasteiger partial charge is 0.323 e. The zero-order valence-corrected chi connectivity index (χ0v) is 11.0. The summed E-state index contributed by atoms with van der Waals surface area (Å²) >= 11 is 0. The van der Waals surface area contributed by atoms with Gasteiger partial charge in [-0.3, -0.25) is 9.59 Å². The molecule has 0 aromatic carbocycles. The molecule has 0 aliphatic rings. The summed E-state index contributed by atoms with van der Waals surface area (Å²) in [4.78, 5) is 34.6. The highest BCUT2D eigenvalue weighted by Crippen LogP contribution is 2.03. The van der Waals surface area contributed by atoms with Gasteiger partial charge in [-0.25, -0.2) is 4.79 Å². The average molecular weight is 259 g/mol. The summed E-state index contributed by atoms with van der Waals surface area (Å²) in [6.45, 7) is 3.49. The number of hydrogen-bond acceptors (Lipinski definition) is 3. The molecule has 1 atom stereocenters. The van der Waals surface area contributed by atoms with E-state index in [2.05, 4.69) is 10.6 Å². The fraction of sp³-hybridized carbons (Fsp3) is 0.727. The zero-order chi connectivity index (χ0) is 14.1. The summed E-state index contributed by atoms with van der Waals surface area (Å²) < 4.78 is 0. The average Bonchev–Trinajstić information content (AvgIpc) is 2.34. The third-order valence-electron chi connectivity index (χ3n) is 2.60. The van der Waals surface area contributed by atoms with Crippen LogP contribution in [0.4, 0.5) is 4.79 Å². The van der Waals surface area contributed by atoms with Gasteiger partial charge in [0, 0.05) is 26.1 Å². The largest absolute Gasteiger partial charge is 0.480 e. The van der Waals surface area contributed by atoms with Gasteiger partial charge in [0.25, 0.3) is 0 Å². The maximum absolute atomic E-state index is 11.8. The maximum Gasteiger partial charge on any atom is 0.323 e. The first kappa shape index (κ1) is 16.2. The topological polar surface area (TPSA) is 98.7 Å². The molecule has 0 aromatic rings. The van der Waals surface area contributed by atoms with Crippen LogP contribution in [0.1, 0.15) is 26.7 Å². The number of nitrogens with one attached hydrogen (secondary N) is 2. The first-order chi connectivity index (χ1) is 8.42. The van der Waals surface area contributed by atoms with Gasteiger partial charge >= 0.3 is 12.0 Å². The van der Waals surface area contributed by atoms with Crippen LogP contribution in [0.15, 0.2) is 0 Å². The number of amides is 3. The normalized spacial score (nSPS) is 11.5. The van der Waals surface area contributed by atoms with E-state index in [1.807, 2.05) is 6.92 Å². The zero-order valence-electron chi connectivity index (χ0n) is 11.0. The van der Waals surface area contributed by atoms with E-state index in [-0.39, 0.29) is 31.5 Å². The molecule has 7 nitrogen and oxygen atoms in total. The van der Waals surface area contributed by atoms with E-state index in [9.17, 15) is 14.4 Å². The number of rotatable bonds is 7. The minimum absolute atomic E-state index is 0.166. The first-order valence-electron chi connectivity index (χ1n) is 5.89. The Morgan fingerprint density at radius 2 is 1.94 bits per heavy atom. The van der Waals surface area contributed by atoms with Crippen LogP contribution in [0.25, 0.3) is 0 Å². The molecular weight excluding hydrogens is 238 g/mol. The molecule has 0 spiro atoms. The molecule has 0 fully saturated rings. The van der Waals surface area contributed by atoms with Crippen LogP contribution in [0, 0.1) is 0 Å². The molecule has 3 N–H and O–H groups in total. The van der Waals surface area contributed by atoms with Crippen molar-refractivity contribution in [3.8, 4) is 0 Å². The van der Waals surface area contributed by atoms with Crippen LogP contribution in [-0.2, 0) is 9.59 Å². The van der Waals surface area contributed by atoms with E-state index in [0.29, 0.717) is 6.42 Å². The predicted molar refractivity (Wildman–Crippen MR) is 66.2 cm³/mol. The molecule has 104 valence electrons. The van der Waals surface area contributed by atoms with Gasteiger partial charge in [0.1, 0.15) is 6.54 Å². The van der Waals surface area contributed by atoms with Gasteiger partial charge in [-0.05, 0) is 13.3 Å². The molecule has 0 radical (unpaired) electrons. The number of urea groups is 1. The van der Waals surface area contributed by atoms with E-state index in [4.69, 9.17) is 5.11 Å². The SMILES string of the molecule is CCC(C)N(CC(=O)O)C(=O)NCCC(=O)NC. The lowest BCUT2D eigenvalue weighted by molar-refractivity contribution is -0.138. The Bertz CT molecular complexity index is 307. The van der Waals surface area contributed by atoms with E-state index >= 15 is 0 Å². The van der Waals surface area contributed by atoms with E-state index < -0.39 is 12.0 Å². The predicted octanol–water partition coefficient (Wildman–Crippen LogP) is 0.0172. The summed E-state index contributed by atoms with van der Waals surface area (Å²) in [7, 11) is 1.51. The van der Waals surface area contributed by atoms with E-state index in [1.165, 1.54) is 11.9 Å². The Hall–Kier alpha value is -1.79. The van der Waals surface area contributed by atoms with E-state index in [0.717, 1.165) is 0 Å². The maximum atomic E-state index is 11.8. The van der Waals surface area contributed by atoms with Gasteiger partial charge in [-0.15, -0.1) is 0 Å². The lowest BCUT2D eigenvalue weighted by Crippen LogP contribution is -2.47. The third-order valence-corrected chi connectivity index (χ3v) is 2.60. The molecule has 0 saturated heterocycles. The van der Waals surface area contributed by atoms with Crippen molar-refractivity contribution >= 4 is 17.9 Å². The number of carboxylic acids is 1. The lowest BCUT2D eigenvalue weighted by atomic mass is 10.2. The van der Waals surface area contributed by atoms with Crippen molar-refractivity contribution in [1.82, 2.24) is 15.5 Å². The van der Waals surface area contributed by atoms with E-state index in [1.54, 1.807) is 6.92 Å². The Morgan fingerprint density at radius 1 is 1.33 bits per heavy atom. The molecule has 0 aliphatic heterocycles. The first-order valence-corrected chi connectivity index (χ1v) is 5.89. The highest BCUT2D eigenvalue weighted by atomic mass is 16.4. The molecule has 18 heavy (non-hydrogen) atoms. The summed E-state index contributed by atoms with van der Waals surface area (Å²) in [5.41, 5.74) is 0. The summed E-state index contributed by atoms with van der Waals surface area (Å²) in [5.74, 6) is -1.24. The fourth-order valence-electron chi connectivity index (χ4n) is 1.30. The molecule has 0 saturated carbocycles. The summed E-state index contributed by atoms with van der Waals surface area (Å²) in [6.07, 6.45) is 0.833. The Balaban J connectivity index is 4.29. The van der Waals surface area contributed by atoms with Gasteiger partial charge < -0.3 is 20.6 Å². The number of carboxylic acid groups (broad SMARTS) is 1. The molecule has 0 rings (SSSR count). The van der Waals surface area contributed by atoms with Crippen LogP contribution in [0.2, 0.25) is 0 Å². The van der Waals surface area contributed by atoms with Crippen LogP contribution in [0.3, 0.4) is 0 Å². The standard InChI is InChI=1S/C11H21N3O4/c1-4-8(2)14(7-10(16)17)11(18)13-6-5-9(15)12-3/h8H,4-7H2,1-3H3,(H,12,15)(H,13,18)(H,16,17). The van der Waals surface area contributed by atoms with Gasteiger partial charge in [0.15, 0.2) is 0 Å². The van der Waals surface area contributed by atoms with Crippen molar-refractivity contribution in [2.45, 2.75) is 32.7 Å². The molecule has 7 heteroatoms. The second-order valence-electron chi connectivity index (χ2n) is 3.93. The molecule has 0 aromatic heterocycles. The van der Waals surface area contributed by atoms with Crippen LogP contribution in [-0.4, -0.2) is 54.1 Å². The Morgan fingerprint density at radius 3 is 2.39 bits per heavy atom. The van der Waals surface area contributed by atoms with Gasteiger partial charge in [-0.1, -0.05) is 6.92 Å². The highest BCUT2D eigenvalue weighted by Gasteiger charge is 2.21. The number of aliphatic carboxylic acids is 1. The number of hydrogen-bond donors (Lipinski definition) is 3. The minimum atomic E-state index is -1.06. The lowest BCUT2D eigenvalue weighted by Gasteiger charge is -2.27. The summed E-state index contributed by atoms with van der Waals surface area (Å²) in [5, 5.41) is 13.7. The Kier molecular flexibility index (Phi) is 7.50. The number of carbonyl (C=O) groups is 3. The molecular formula is C11H21N3O4. The van der Waals surface area contributed by atoms with Crippen molar-refractivity contribution in [2.24, 2.45) is 0 Å². The van der Waals surface area contributed by atoms with Crippen molar-refractivity contribution in [3.05, 3.63) is 0 Å². The molecule has 0 heterocycles. The van der Waals surface area contributed by atoms with Crippen LogP contribution in [0.5, 0.6) is 0 Å². The van der Waals surface area contributed by atoms with Gasteiger partial charge in [0.2, 0.25) is 5.91 Å². The number of nitrogens with zero attached hydrogens (tertiary/aromatic N) is 1. The van der Waals surface area contributed by atoms with Crippen LogP contribution >= 0.6 is 0 Å². The third kappa shape index (κ3) is 6.07. The van der Waals surface area contributed by atoms with Crippen molar-refractivity contribution in [1.29, 1.82) is 0 Å². The molecule has 0 aliphatic carbocycles. The second kappa shape index (κ2) is 8.32. The van der Waals surface area contributed by atoms with Crippen molar-refractivity contribution < 1.29 is 19.5 Å². The quantitative estimate of drug-likeness (QED) is 0.600. The molecule has 3 amide bonds. The van der Waals surface area contributed by atoms with Crippen molar-refractivity contribution in [2.75, 3.05) is 20.1 Å². The van der Waals surface area contributed by atoms with Crippen molar-refractivity contribution in [3.63, 3.8) is 0 Å². The van der Waals surface area contributed by atoms with Gasteiger partial charge in [-0.2, -0.15) is 0 Å². The van der Waals surface area contributed by atoms with Crippen LogP contribution < -0.4 is 10.6 Å². The Labute approximate surface area is 107 Å². The second-order valence-corrected chi connectivity index (χ2v) is 3.93. The fourth-order valence-corrected chi connectivity index (χ4v) is 1.30. The molecule has 0 bridgehead atoms. The monoisotopic (exact) mass is 259 g/mol. The molecule has 1 unspecified atom stereocenters. The summed E-state index contributed by atoms with van der Waals surface area (Å²) in [6, 6.07) is -0.628. The minimum Gasteiger partial charge on any atom is -0.480 e. The van der Waals surface area contributed by atoms with Gasteiger partial charge in [0.05, 0.1) is 0 Å². The highest BCUT2D eigenvalue weighted by molar-refractivity contribution is 5.81. The number of carbonyl (C=O) groups excluding carboxylic acids is 2.